The standard InChI is InChI=1S/C12H26N2/c1-12(2,13-3)10-14(4)9-8-11-6-5-7-11/h11,13H,5-10H2,1-4H3. The Kier molecular flexibility index (Phi) is 4.39. The maximum Gasteiger partial charge on any atom is 0.0249 e. The Labute approximate surface area is 89.1 Å². The minimum absolute atomic E-state index is 0.244. The van der Waals surface area contributed by atoms with Gasteiger partial charge in [-0.1, -0.05) is 19.3 Å². The summed E-state index contributed by atoms with van der Waals surface area (Å²) in [5, 5.41) is 3.35. The predicted molar refractivity (Wildman–Crippen MR) is 62.6 cm³/mol. The highest BCUT2D eigenvalue weighted by Gasteiger charge is 2.20. The van der Waals surface area contributed by atoms with E-state index in [0.29, 0.717) is 0 Å². The lowest BCUT2D eigenvalue weighted by molar-refractivity contribution is 0.204. The second-order valence-corrected chi connectivity index (χ2v) is 5.46. The van der Waals surface area contributed by atoms with E-state index in [0.717, 1.165) is 12.5 Å². The molecule has 1 N–H and O–H groups in total. The Morgan fingerprint density at radius 2 is 2.00 bits per heavy atom. The average Bonchev–Trinajstić information content (AvgIpc) is 2.00. The quantitative estimate of drug-likeness (QED) is 0.703. The van der Waals surface area contributed by atoms with E-state index in [-0.39, 0.29) is 5.54 Å². The Hall–Kier alpha value is -0.0800. The van der Waals surface area contributed by atoms with Gasteiger partial charge in [0.1, 0.15) is 0 Å². The Morgan fingerprint density at radius 1 is 1.36 bits per heavy atom. The van der Waals surface area contributed by atoms with Gasteiger partial charge < -0.3 is 10.2 Å². The Bertz CT molecular complexity index is 162. The molecule has 2 nitrogen and oxygen atoms in total. The first-order valence-electron chi connectivity index (χ1n) is 5.91. The topological polar surface area (TPSA) is 15.3 Å². The highest BCUT2D eigenvalue weighted by molar-refractivity contribution is 4.79. The van der Waals surface area contributed by atoms with E-state index in [1.54, 1.807) is 0 Å². The maximum absolute atomic E-state index is 3.35. The molecule has 1 aliphatic carbocycles. The molecular weight excluding hydrogens is 172 g/mol. The summed E-state index contributed by atoms with van der Waals surface area (Å²) in [4.78, 5) is 2.45. The highest BCUT2D eigenvalue weighted by atomic mass is 15.1. The first kappa shape index (κ1) is 12.0. The van der Waals surface area contributed by atoms with Crippen molar-refractivity contribution in [2.75, 3.05) is 27.2 Å². The van der Waals surface area contributed by atoms with Crippen molar-refractivity contribution in [2.45, 2.75) is 45.1 Å². The Morgan fingerprint density at radius 3 is 2.43 bits per heavy atom. The maximum atomic E-state index is 3.35. The lowest BCUT2D eigenvalue weighted by atomic mass is 9.83. The molecule has 0 saturated heterocycles. The van der Waals surface area contributed by atoms with Gasteiger partial charge in [0.05, 0.1) is 0 Å². The van der Waals surface area contributed by atoms with Crippen molar-refractivity contribution in [3.63, 3.8) is 0 Å². The molecule has 0 unspecified atom stereocenters. The summed E-state index contributed by atoms with van der Waals surface area (Å²) >= 11 is 0. The molecule has 0 amide bonds. The van der Waals surface area contributed by atoms with Crippen molar-refractivity contribution in [3.8, 4) is 0 Å². The van der Waals surface area contributed by atoms with Crippen molar-refractivity contribution in [2.24, 2.45) is 5.92 Å². The van der Waals surface area contributed by atoms with Gasteiger partial charge in [0.15, 0.2) is 0 Å². The molecule has 1 aliphatic rings. The van der Waals surface area contributed by atoms with E-state index < -0.39 is 0 Å². The zero-order chi connectivity index (χ0) is 10.6. The molecule has 14 heavy (non-hydrogen) atoms. The van der Waals surface area contributed by atoms with Crippen molar-refractivity contribution in [3.05, 3.63) is 0 Å². The van der Waals surface area contributed by atoms with Crippen LogP contribution in [0.3, 0.4) is 0 Å². The Balaban J connectivity index is 2.11. The van der Waals surface area contributed by atoms with Crippen LogP contribution in [-0.4, -0.2) is 37.6 Å². The molecular formula is C12H26N2. The number of hydrogen-bond acceptors (Lipinski definition) is 2. The van der Waals surface area contributed by atoms with Crippen LogP contribution < -0.4 is 5.32 Å². The SMILES string of the molecule is CNC(C)(C)CN(C)CCC1CCC1. The lowest BCUT2D eigenvalue weighted by Gasteiger charge is -2.32. The summed E-state index contributed by atoms with van der Waals surface area (Å²) in [5.41, 5.74) is 0.244. The van der Waals surface area contributed by atoms with Crippen molar-refractivity contribution < 1.29 is 0 Å². The second-order valence-electron chi connectivity index (χ2n) is 5.46. The molecule has 1 rings (SSSR count). The molecule has 0 aromatic rings. The van der Waals surface area contributed by atoms with Crippen LogP contribution in [0.4, 0.5) is 0 Å². The number of nitrogens with zero attached hydrogens (tertiary/aromatic N) is 1. The molecule has 2 heteroatoms. The highest BCUT2D eigenvalue weighted by Crippen LogP contribution is 2.29. The fraction of sp³-hybridized carbons (Fsp3) is 1.00. The average molecular weight is 198 g/mol. The summed E-state index contributed by atoms with van der Waals surface area (Å²) in [6, 6.07) is 0. The van der Waals surface area contributed by atoms with Crippen LogP contribution in [-0.2, 0) is 0 Å². The van der Waals surface area contributed by atoms with Crippen LogP contribution in [0.25, 0.3) is 0 Å². The summed E-state index contributed by atoms with van der Waals surface area (Å²) in [6.45, 7) is 6.91. The zero-order valence-corrected chi connectivity index (χ0v) is 10.3. The van der Waals surface area contributed by atoms with Gasteiger partial charge in [0.25, 0.3) is 0 Å². The number of hydrogen-bond donors (Lipinski definition) is 1. The number of rotatable bonds is 6. The molecule has 84 valence electrons. The first-order valence-corrected chi connectivity index (χ1v) is 5.91. The predicted octanol–water partition coefficient (Wildman–Crippen LogP) is 2.11. The number of likely N-dealkylation sites (N-methyl/N-ethyl adjacent to an activating group) is 2. The minimum Gasteiger partial charge on any atom is -0.314 e. The third-order valence-corrected chi connectivity index (χ3v) is 3.49. The molecule has 0 spiro atoms. The minimum atomic E-state index is 0.244. The summed E-state index contributed by atoms with van der Waals surface area (Å²) < 4.78 is 0. The van der Waals surface area contributed by atoms with Crippen molar-refractivity contribution in [1.82, 2.24) is 10.2 Å². The molecule has 1 fully saturated rings. The van der Waals surface area contributed by atoms with E-state index in [1.807, 2.05) is 7.05 Å². The van der Waals surface area contributed by atoms with E-state index in [4.69, 9.17) is 0 Å². The van der Waals surface area contributed by atoms with Gasteiger partial charge in [-0.3, -0.25) is 0 Å². The first-order chi connectivity index (χ1) is 6.53. The van der Waals surface area contributed by atoms with Gasteiger partial charge in [-0.25, -0.2) is 0 Å². The molecule has 0 radical (unpaired) electrons. The summed E-state index contributed by atoms with van der Waals surface area (Å²) in [6.07, 6.45) is 5.82. The van der Waals surface area contributed by atoms with Crippen LogP contribution in [0.5, 0.6) is 0 Å². The lowest BCUT2D eigenvalue weighted by Crippen LogP contribution is -2.46. The monoisotopic (exact) mass is 198 g/mol. The van der Waals surface area contributed by atoms with Crippen LogP contribution in [0.15, 0.2) is 0 Å². The molecule has 1 saturated carbocycles. The van der Waals surface area contributed by atoms with Gasteiger partial charge >= 0.3 is 0 Å². The third kappa shape index (κ3) is 3.97. The normalized spacial score (nSPS) is 18.6. The molecule has 0 bridgehead atoms. The van der Waals surface area contributed by atoms with E-state index in [9.17, 15) is 0 Å². The van der Waals surface area contributed by atoms with Crippen molar-refractivity contribution in [1.29, 1.82) is 0 Å². The van der Waals surface area contributed by atoms with Gasteiger partial charge in [-0.05, 0) is 46.8 Å². The van der Waals surface area contributed by atoms with E-state index in [1.165, 1.54) is 32.2 Å². The summed E-state index contributed by atoms with van der Waals surface area (Å²) in [7, 11) is 4.28. The fourth-order valence-corrected chi connectivity index (χ4v) is 2.02. The smallest absolute Gasteiger partial charge is 0.0249 e. The van der Waals surface area contributed by atoms with E-state index in [2.05, 4.69) is 31.1 Å². The van der Waals surface area contributed by atoms with Crippen LogP contribution >= 0.6 is 0 Å². The molecule has 0 atom stereocenters. The van der Waals surface area contributed by atoms with Crippen LogP contribution in [0.1, 0.15) is 39.5 Å². The van der Waals surface area contributed by atoms with Gasteiger partial charge in [0, 0.05) is 12.1 Å². The molecule has 0 aromatic heterocycles. The van der Waals surface area contributed by atoms with Crippen molar-refractivity contribution >= 4 is 0 Å². The van der Waals surface area contributed by atoms with Gasteiger partial charge in [0.2, 0.25) is 0 Å². The van der Waals surface area contributed by atoms with Crippen LogP contribution in [0, 0.1) is 5.92 Å². The fourth-order valence-electron chi connectivity index (χ4n) is 2.02. The van der Waals surface area contributed by atoms with Crippen LogP contribution in [0.2, 0.25) is 0 Å². The molecule has 0 heterocycles. The second kappa shape index (κ2) is 5.13. The number of nitrogens with one attached hydrogen (secondary N) is 1. The van der Waals surface area contributed by atoms with Gasteiger partial charge in [-0.15, -0.1) is 0 Å². The zero-order valence-electron chi connectivity index (χ0n) is 10.3. The third-order valence-electron chi connectivity index (χ3n) is 3.49. The molecule has 0 aromatic carbocycles. The van der Waals surface area contributed by atoms with E-state index >= 15 is 0 Å². The van der Waals surface area contributed by atoms with Gasteiger partial charge in [-0.2, -0.15) is 0 Å². The largest absolute Gasteiger partial charge is 0.314 e. The summed E-state index contributed by atoms with van der Waals surface area (Å²) in [5.74, 6) is 1.04. The molecule has 0 aliphatic heterocycles.